The number of benzene rings is 1. The van der Waals surface area contributed by atoms with Crippen LogP contribution < -0.4 is 19.7 Å². The summed E-state index contributed by atoms with van der Waals surface area (Å²) >= 11 is 5.90. The highest BCUT2D eigenvalue weighted by molar-refractivity contribution is 6.30. The molecule has 1 aliphatic carbocycles. The fourth-order valence-electron chi connectivity index (χ4n) is 4.85. The highest BCUT2D eigenvalue weighted by Crippen LogP contribution is 2.40. The molecule has 1 aromatic carbocycles. The fourth-order valence-corrected chi connectivity index (χ4v) is 5.02. The van der Waals surface area contributed by atoms with E-state index in [0.717, 1.165) is 31.6 Å². The number of halogens is 2. The first-order chi connectivity index (χ1) is 16.4. The van der Waals surface area contributed by atoms with Crippen molar-refractivity contribution in [2.45, 2.75) is 38.8 Å². The molecule has 2 fully saturated rings. The van der Waals surface area contributed by atoms with Crippen molar-refractivity contribution in [3.8, 4) is 17.6 Å². The Morgan fingerprint density at radius 1 is 1.18 bits per heavy atom. The zero-order chi connectivity index (χ0) is 23.8. The van der Waals surface area contributed by atoms with Crippen molar-refractivity contribution < 1.29 is 13.9 Å². The third-order valence-corrected chi connectivity index (χ3v) is 6.80. The van der Waals surface area contributed by atoms with Gasteiger partial charge >= 0.3 is 6.01 Å². The monoisotopic (exact) mass is 487 g/mol. The molecule has 1 saturated heterocycles. The predicted molar refractivity (Wildman–Crippen MR) is 126 cm³/mol. The molecule has 3 atom stereocenters. The maximum atomic E-state index is 13.5. The lowest BCUT2D eigenvalue weighted by molar-refractivity contribution is 0.372. The average Bonchev–Trinajstić information content (AvgIpc) is 3.32. The summed E-state index contributed by atoms with van der Waals surface area (Å²) in [7, 11) is 1.60. The summed E-state index contributed by atoms with van der Waals surface area (Å²) in [4.78, 5) is 6.95. The quantitative estimate of drug-likeness (QED) is 0.518. The number of methoxy groups -OCH3 is 1. The molecule has 3 aromatic rings. The van der Waals surface area contributed by atoms with E-state index in [-0.39, 0.29) is 17.1 Å². The number of aromatic nitrogens is 5. The zero-order valence-corrected chi connectivity index (χ0v) is 20.0. The Morgan fingerprint density at radius 3 is 2.62 bits per heavy atom. The van der Waals surface area contributed by atoms with Crippen LogP contribution in [0.3, 0.4) is 0 Å². The second-order valence-corrected chi connectivity index (χ2v) is 9.47. The number of rotatable bonds is 7. The molecule has 0 radical (unpaired) electrons. The van der Waals surface area contributed by atoms with Gasteiger partial charge in [-0.15, -0.1) is 10.2 Å². The molecule has 2 aromatic heterocycles. The van der Waals surface area contributed by atoms with E-state index in [1.54, 1.807) is 18.0 Å². The highest BCUT2D eigenvalue weighted by Gasteiger charge is 2.43. The summed E-state index contributed by atoms with van der Waals surface area (Å²) in [5, 5.41) is 16.3. The molecule has 1 aliphatic heterocycles. The molecule has 3 heterocycles. The van der Waals surface area contributed by atoms with Crippen LogP contribution in [0.15, 0.2) is 30.5 Å². The SMILES string of the molecule is COc1cc(N2C[C@H]3CC[C@@H](C2)[C@H]3Nc2nc(Oc3ccc(F)c(Cl)c3)n(C(C)C)n2)cnn1. The first-order valence-electron chi connectivity index (χ1n) is 11.4. The Balaban J connectivity index is 1.32. The summed E-state index contributed by atoms with van der Waals surface area (Å²) in [6.07, 6.45) is 4.06. The van der Waals surface area contributed by atoms with Crippen LogP contribution in [0.1, 0.15) is 32.7 Å². The Bertz CT molecular complexity index is 1160. The first-order valence-corrected chi connectivity index (χ1v) is 11.8. The van der Waals surface area contributed by atoms with Gasteiger partial charge in [-0.25, -0.2) is 9.07 Å². The zero-order valence-electron chi connectivity index (χ0n) is 19.3. The van der Waals surface area contributed by atoms with Gasteiger partial charge in [-0.05, 0) is 50.7 Å². The van der Waals surface area contributed by atoms with Gasteiger partial charge in [0.15, 0.2) is 0 Å². The summed E-state index contributed by atoms with van der Waals surface area (Å²) in [5.41, 5.74) is 1.03. The van der Waals surface area contributed by atoms with Gasteiger partial charge in [0.1, 0.15) is 11.6 Å². The molecule has 0 amide bonds. The minimum Gasteiger partial charge on any atom is -0.480 e. The first kappa shape index (κ1) is 22.6. The Kier molecular flexibility index (Phi) is 6.16. The van der Waals surface area contributed by atoms with E-state index in [4.69, 9.17) is 21.1 Å². The Hall–Kier alpha value is -3.14. The van der Waals surface area contributed by atoms with Gasteiger partial charge in [-0.2, -0.15) is 10.1 Å². The molecular formula is C23H27ClFN7O2. The smallest absolute Gasteiger partial charge is 0.322 e. The van der Waals surface area contributed by atoms with Crippen molar-refractivity contribution in [3.63, 3.8) is 0 Å². The Labute approximate surface area is 202 Å². The summed E-state index contributed by atoms with van der Waals surface area (Å²) in [6, 6.07) is 6.78. The highest BCUT2D eigenvalue weighted by atomic mass is 35.5. The summed E-state index contributed by atoms with van der Waals surface area (Å²) < 4.78 is 26.4. The molecule has 34 heavy (non-hydrogen) atoms. The molecule has 0 unspecified atom stereocenters. The summed E-state index contributed by atoms with van der Waals surface area (Å²) in [5.74, 6) is 1.85. The normalized spacial score (nSPS) is 21.7. The van der Waals surface area contributed by atoms with E-state index in [0.29, 0.717) is 35.4 Å². The number of piperidine rings is 1. The third-order valence-electron chi connectivity index (χ3n) is 6.51. The molecule has 5 rings (SSSR count). The number of hydrogen-bond donors (Lipinski definition) is 1. The van der Waals surface area contributed by atoms with E-state index in [1.165, 1.54) is 18.2 Å². The van der Waals surface area contributed by atoms with Crippen molar-refractivity contribution in [2.24, 2.45) is 11.8 Å². The van der Waals surface area contributed by atoms with Gasteiger partial charge in [0.2, 0.25) is 11.8 Å². The Morgan fingerprint density at radius 2 is 1.94 bits per heavy atom. The van der Waals surface area contributed by atoms with Gasteiger partial charge in [-0.3, -0.25) is 0 Å². The van der Waals surface area contributed by atoms with Crippen LogP contribution in [-0.2, 0) is 0 Å². The van der Waals surface area contributed by atoms with Crippen LogP contribution in [0.4, 0.5) is 16.0 Å². The standard InChI is InChI=1S/C23H27ClFN7O2/c1-13(2)32-23(34-17-6-7-19(25)18(24)9-17)28-22(30-32)27-21-14-4-5-15(21)12-31(11-14)16-8-20(33-3)29-26-10-16/h6-10,13-15,21H,4-5,11-12H2,1-3H3,(H,27,30)/t14-,15+,21+. The van der Waals surface area contributed by atoms with Gasteiger partial charge in [0.05, 0.1) is 30.1 Å². The van der Waals surface area contributed by atoms with Crippen molar-refractivity contribution in [1.29, 1.82) is 0 Å². The minimum atomic E-state index is -0.496. The number of nitrogens with zero attached hydrogens (tertiary/aromatic N) is 6. The molecule has 180 valence electrons. The maximum Gasteiger partial charge on any atom is 0.322 e. The van der Waals surface area contributed by atoms with Gasteiger partial charge in [0, 0.05) is 31.3 Å². The molecule has 1 N–H and O–H groups in total. The number of fused-ring (bicyclic) bond motifs is 2. The molecule has 2 bridgehead atoms. The largest absolute Gasteiger partial charge is 0.480 e. The van der Waals surface area contributed by atoms with E-state index in [1.807, 2.05) is 19.9 Å². The fraction of sp³-hybridized carbons (Fsp3) is 0.478. The second-order valence-electron chi connectivity index (χ2n) is 9.06. The predicted octanol–water partition coefficient (Wildman–Crippen LogP) is 4.57. The maximum absolute atomic E-state index is 13.5. The van der Waals surface area contributed by atoms with Crippen molar-refractivity contribution in [3.05, 3.63) is 41.3 Å². The van der Waals surface area contributed by atoms with Gasteiger partial charge in [-0.1, -0.05) is 11.6 Å². The third kappa shape index (κ3) is 4.46. The van der Waals surface area contributed by atoms with Gasteiger partial charge < -0.3 is 19.7 Å². The molecular weight excluding hydrogens is 461 g/mol. The van der Waals surface area contributed by atoms with E-state index >= 15 is 0 Å². The average molecular weight is 488 g/mol. The van der Waals surface area contributed by atoms with E-state index in [2.05, 4.69) is 30.5 Å². The van der Waals surface area contributed by atoms with Crippen LogP contribution in [0, 0.1) is 17.7 Å². The molecule has 9 nitrogen and oxygen atoms in total. The topological polar surface area (TPSA) is 90.2 Å². The molecule has 11 heteroatoms. The number of ether oxygens (including phenoxy) is 2. The van der Waals surface area contributed by atoms with Crippen molar-refractivity contribution >= 4 is 23.2 Å². The lowest BCUT2D eigenvalue weighted by Gasteiger charge is -2.39. The second kappa shape index (κ2) is 9.25. The summed E-state index contributed by atoms with van der Waals surface area (Å²) in [6.45, 7) is 5.82. The molecule has 1 saturated carbocycles. The number of hydrogen-bond acceptors (Lipinski definition) is 8. The lowest BCUT2D eigenvalue weighted by Crippen LogP contribution is -2.48. The van der Waals surface area contributed by atoms with Crippen LogP contribution in [0.5, 0.6) is 17.6 Å². The molecule has 0 spiro atoms. The number of anilines is 2. The minimum absolute atomic E-state index is 0.00295. The van der Waals surface area contributed by atoms with Crippen LogP contribution >= 0.6 is 11.6 Å². The molecule has 2 aliphatic rings. The van der Waals surface area contributed by atoms with Crippen LogP contribution in [0.25, 0.3) is 0 Å². The lowest BCUT2D eigenvalue weighted by atomic mass is 9.92. The van der Waals surface area contributed by atoms with Crippen molar-refractivity contribution in [1.82, 2.24) is 25.0 Å². The van der Waals surface area contributed by atoms with Crippen LogP contribution in [0.2, 0.25) is 5.02 Å². The van der Waals surface area contributed by atoms with Crippen LogP contribution in [-0.4, -0.2) is 51.2 Å². The van der Waals surface area contributed by atoms with Crippen molar-refractivity contribution in [2.75, 3.05) is 30.4 Å². The van der Waals surface area contributed by atoms with Gasteiger partial charge in [0.25, 0.3) is 0 Å². The van der Waals surface area contributed by atoms with E-state index in [9.17, 15) is 4.39 Å². The van der Waals surface area contributed by atoms with E-state index < -0.39 is 5.82 Å². The number of nitrogens with one attached hydrogen (secondary N) is 1.